The first-order valence-corrected chi connectivity index (χ1v) is 13.6. The number of nitrogens with one attached hydrogen (secondary N) is 1. The Morgan fingerprint density at radius 2 is 1.78 bits per heavy atom. The fourth-order valence-corrected chi connectivity index (χ4v) is 4.84. The number of carbonyl (C=O) groups is 2. The summed E-state index contributed by atoms with van der Waals surface area (Å²) in [4.78, 5) is 38.3. The molecule has 1 N–H and O–H groups in total. The van der Waals surface area contributed by atoms with Crippen LogP contribution in [-0.4, -0.2) is 55.4 Å². The van der Waals surface area contributed by atoms with E-state index in [0.29, 0.717) is 22.7 Å². The van der Waals surface area contributed by atoms with Gasteiger partial charge >= 0.3 is 0 Å². The molecule has 2 amide bonds. The number of halogens is 2. The van der Waals surface area contributed by atoms with E-state index in [2.05, 4.69) is 5.32 Å². The zero-order valence-electron chi connectivity index (χ0n) is 20.3. The summed E-state index contributed by atoms with van der Waals surface area (Å²) in [7, 11) is -4.04. The second kappa shape index (κ2) is 12.4. The molecule has 0 bridgehead atoms. The van der Waals surface area contributed by atoms with Crippen molar-refractivity contribution >= 4 is 56.4 Å². The van der Waals surface area contributed by atoms with Crippen molar-refractivity contribution in [2.45, 2.75) is 39.8 Å². The topological polar surface area (TPSA) is 130 Å². The van der Waals surface area contributed by atoms with Crippen molar-refractivity contribution in [1.29, 1.82) is 0 Å². The number of non-ortho nitro benzene ring substituents is 1. The van der Waals surface area contributed by atoms with Crippen LogP contribution in [0.15, 0.2) is 36.4 Å². The zero-order valence-corrected chi connectivity index (χ0v) is 22.7. The van der Waals surface area contributed by atoms with Crippen LogP contribution in [0.3, 0.4) is 0 Å². The number of carbonyl (C=O) groups excluding carboxylic acids is 2. The quantitative estimate of drug-likeness (QED) is 0.328. The van der Waals surface area contributed by atoms with E-state index in [0.717, 1.165) is 16.6 Å². The molecule has 2 aromatic rings. The van der Waals surface area contributed by atoms with Crippen LogP contribution in [0, 0.1) is 17.0 Å². The van der Waals surface area contributed by atoms with E-state index in [9.17, 15) is 28.1 Å². The molecule has 0 spiro atoms. The Balaban J connectivity index is 2.54. The fourth-order valence-electron chi connectivity index (χ4n) is 3.62. The lowest BCUT2D eigenvalue weighted by Gasteiger charge is -2.33. The maximum atomic E-state index is 13.6. The summed E-state index contributed by atoms with van der Waals surface area (Å²) in [5.41, 5.74) is 0.683. The minimum Gasteiger partial charge on any atom is -0.355 e. The number of hydrogen-bond acceptors (Lipinski definition) is 6. The first kappa shape index (κ1) is 29.3. The molecule has 1 atom stereocenters. The van der Waals surface area contributed by atoms with Gasteiger partial charge in [0, 0.05) is 25.2 Å². The highest BCUT2D eigenvalue weighted by Crippen LogP contribution is 2.28. The minimum absolute atomic E-state index is 0.000551. The largest absolute Gasteiger partial charge is 0.355 e. The molecule has 10 nitrogen and oxygen atoms in total. The highest BCUT2D eigenvalue weighted by Gasteiger charge is 2.32. The van der Waals surface area contributed by atoms with Crippen LogP contribution < -0.4 is 9.62 Å². The van der Waals surface area contributed by atoms with Crippen LogP contribution >= 0.6 is 23.2 Å². The summed E-state index contributed by atoms with van der Waals surface area (Å²) in [6.07, 6.45) is 1.16. The minimum atomic E-state index is -4.04. The molecule has 0 aliphatic heterocycles. The molecule has 0 aromatic heterocycles. The summed E-state index contributed by atoms with van der Waals surface area (Å²) >= 11 is 12.1. The van der Waals surface area contributed by atoms with Gasteiger partial charge in [0.2, 0.25) is 21.8 Å². The van der Waals surface area contributed by atoms with Crippen molar-refractivity contribution in [3.63, 3.8) is 0 Å². The number of benzene rings is 2. The van der Waals surface area contributed by atoms with Gasteiger partial charge in [-0.2, -0.15) is 0 Å². The number of nitro benzene ring substituents is 1. The highest BCUT2D eigenvalue weighted by atomic mass is 35.5. The summed E-state index contributed by atoms with van der Waals surface area (Å²) in [5.74, 6) is -1.07. The molecule has 13 heteroatoms. The SMILES string of the molecule is CCNC(=O)[C@@H](CC)N(Cc1ccc(Cl)c(Cl)c1)C(=O)CN(c1cc([N+](=O)[O-])ccc1C)S(C)(=O)=O. The molecule has 0 radical (unpaired) electrons. The number of amides is 2. The molecule has 0 aliphatic carbocycles. The molecule has 196 valence electrons. The van der Waals surface area contributed by atoms with Crippen molar-refractivity contribution in [2.24, 2.45) is 0 Å². The van der Waals surface area contributed by atoms with E-state index in [1.807, 2.05) is 0 Å². The van der Waals surface area contributed by atoms with Crippen molar-refractivity contribution in [1.82, 2.24) is 10.2 Å². The lowest BCUT2D eigenvalue weighted by molar-refractivity contribution is -0.384. The van der Waals surface area contributed by atoms with Crippen molar-refractivity contribution in [2.75, 3.05) is 23.7 Å². The maximum absolute atomic E-state index is 13.6. The number of hydrogen-bond donors (Lipinski definition) is 1. The molecule has 0 fully saturated rings. The van der Waals surface area contributed by atoms with Gasteiger partial charge in [-0.05, 0) is 43.5 Å². The zero-order chi connectivity index (χ0) is 27.2. The average molecular weight is 559 g/mol. The Bertz CT molecular complexity index is 1260. The van der Waals surface area contributed by atoms with E-state index < -0.39 is 39.3 Å². The van der Waals surface area contributed by atoms with Crippen molar-refractivity contribution in [3.8, 4) is 0 Å². The molecule has 0 saturated carbocycles. The second-order valence-electron chi connectivity index (χ2n) is 8.09. The Morgan fingerprint density at radius 1 is 1.11 bits per heavy atom. The van der Waals surface area contributed by atoms with Crippen molar-refractivity contribution in [3.05, 3.63) is 67.7 Å². The van der Waals surface area contributed by atoms with Crippen LogP contribution in [-0.2, 0) is 26.2 Å². The van der Waals surface area contributed by atoms with Crippen LogP contribution in [0.1, 0.15) is 31.4 Å². The summed E-state index contributed by atoms with van der Waals surface area (Å²) in [5, 5.41) is 14.6. The van der Waals surface area contributed by atoms with Gasteiger partial charge in [-0.25, -0.2) is 8.42 Å². The van der Waals surface area contributed by atoms with Crippen molar-refractivity contribution < 1.29 is 22.9 Å². The average Bonchev–Trinajstić information content (AvgIpc) is 2.79. The Hall–Kier alpha value is -2.89. The molecule has 2 aromatic carbocycles. The predicted molar refractivity (Wildman–Crippen MR) is 140 cm³/mol. The predicted octanol–water partition coefficient (Wildman–Crippen LogP) is 3.92. The van der Waals surface area contributed by atoms with E-state index in [1.165, 1.54) is 17.0 Å². The molecule has 36 heavy (non-hydrogen) atoms. The third-order valence-corrected chi connectivity index (χ3v) is 7.29. The number of rotatable bonds is 11. The lowest BCUT2D eigenvalue weighted by atomic mass is 10.1. The Morgan fingerprint density at radius 3 is 2.31 bits per heavy atom. The first-order valence-electron chi connectivity index (χ1n) is 11.0. The summed E-state index contributed by atoms with van der Waals surface area (Å²) in [6, 6.07) is 7.64. The van der Waals surface area contributed by atoms with Gasteiger partial charge in [0.25, 0.3) is 5.69 Å². The van der Waals surface area contributed by atoms with E-state index in [-0.39, 0.29) is 29.4 Å². The van der Waals surface area contributed by atoms with Gasteiger partial charge < -0.3 is 10.2 Å². The lowest BCUT2D eigenvalue weighted by Crippen LogP contribution is -2.52. The first-order chi connectivity index (χ1) is 16.8. The normalized spacial score (nSPS) is 12.1. The second-order valence-corrected chi connectivity index (χ2v) is 10.8. The third-order valence-electron chi connectivity index (χ3n) is 5.43. The monoisotopic (exact) mass is 558 g/mol. The van der Waals surface area contributed by atoms with E-state index in [1.54, 1.807) is 39.0 Å². The number of likely N-dealkylation sites (N-methyl/N-ethyl adjacent to an activating group) is 1. The van der Waals surface area contributed by atoms with Crippen LogP contribution in [0.2, 0.25) is 10.0 Å². The number of nitrogens with zero attached hydrogens (tertiary/aromatic N) is 3. The number of nitro groups is 1. The summed E-state index contributed by atoms with van der Waals surface area (Å²) < 4.78 is 26.2. The third kappa shape index (κ3) is 7.31. The van der Waals surface area contributed by atoms with Crippen LogP contribution in [0.5, 0.6) is 0 Å². The Kier molecular flexibility index (Phi) is 10.1. The molecule has 0 saturated heterocycles. The maximum Gasteiger partial charge on any atom is 0.271 e. The standard InChI is InChI=1S/C23H28Cl2N4O6S/c1-5-20(23(31)26-6-2)27(13-16-8-10-18(24)19(25)11-16)22(30)14-28(36(4,34)35)21-12-17(29(32)33)9-7-15(21)3/h7-12,20H,5-6,13-14H2,1-4H3,(H,26,31)/t20-/m1/s1. The number of aryl methyl sites for hydroxylation is 1. The molecular weight excluding hydrogens is 531 g/mol. The molecule has 0 unspecified atom stereocenters. The highest BCUT2D eigenvalue weighted by molar-refractivity contribution is 7.92. The van der Waals surface area contributed by atoms with E-state index in [4.69, 9.17) is 23.2 Å². The fraction of sp³-hybridized carbons (Fsp3) is 0.391. The Labute approximate surface area is 220 Å². The molecule has 0 heterocycles. The van der Waals surface area contributed by atoms with Gasteiger partial charge in [0.15, 0.2) is 0 Å². The van der Waals surface area contributed by atoms with Gasteiger partial charge in [0.1, 0.15) is 12.6 Å². The van der Waals surface area contributed by atoms with Gasteiger partial charge in [-0.3, -0.25) is 24.0 Å². The van der Waals surface area contributed by atoms with E-state index >= 15 is 0 Å². The number of anilines is 1. The number of sulfonamides is 1. The van der Waals surface area contributed by atoms with Gasteiger partial charge in [-0.15, -0.1) is 0 Å². The van der Waals surface area contributed by atoms with Gasteiger partial charge in [0.05, 0.1) is 26.9 Å². The van der Waals surface area contributed by atoms with Crippen LogP contribution in [0.4, 0.5) is 11.4 Å². The molecule has 2 rings (SSSR count). The van der Waals surface area contributed by atoms with Crippen LogP contribution in [0.25, 0.3) is 0 Å². The molecular formula is C23H28Cl2N4O6S. The molecule has 0 aliphatic rings. The smallest absolute Gasteiger partial charge is 0.271 e. The summed E-state index contributed by atoms with van der Waals surface area (Å²) in [6.45, 7) is 4.68. The van der Waals surface area contributed by atoms with Gasteiger partial charge in [-0.1, -0.05) is 42.3 Å².